The van der Waals surface area contributed by atoms with E-state index >= 15 is 0 Å². The fraction of sp³-hybridized carbons (Fsp3) is 0.300. The Balaban J connectivity index is 2.82. The number of aliphatic hydroxyl groups excluding tert-OH is 1. The molecule has 1 aromatic rings. The van der Waals surface area contributed by atoms with Gasteiger partial charge in [-0.3, -0.25) is 4.79 Å². The Labute approximate surface area is 76.6 Å². The summed E-state index contributed by atoms with van der Waals surface area (Å²) in [5.41, 5.74) is 0.401. The maximum absolute atomic E-state index is 10.7. The third-order valence-corrected chi connectivity index (χ3v) is 1.78. The fourth-order valence-electron chi connectivity index (χ4n) is 1.15. The number of phenols is 1. The number of ketones is 1. The van der Waals surface area contributed by atoms with Crippen molar-refractivity contribution in [3.63, 3.8) is 0 Å². The third-order valence-electron chi connectivity index (χ3n) is 1.78. The van der Waals surface area contributed by atoms with Gasteiger partial charge >= 0.3 is 0 Å². The summed E-state index contributed by atoms with van der Waals surface area (Å²) in [7, 11) is 0. The Bertz CT molecular complexity index is 307. The van der Waals surface area contributed by atoms with Crippen molar-refractivity contribution in [2.45, 2.75) is 19.4 Å². The quantitative estimate of drug-likeness (QED) is 0.739. The van der Waals surface area contributed by atoms with Crippen LogP contribution in [0.15, 0.2) is 24.3 Å². The first-order chi connectivity index (χ1) is 6.11. The maximum Gasteiger partial charge on any atom is 0.132 e. The van der Waals surface area contributed by atoms with E-state index in [2.05, 4.69) is 0 Å². The molecule has 70 valence electrons. The molecule has 0 amide bonds. The van der Waals surface area contributed by atoms with Gasteiger partial charge in [0.25, 0.3) is 0 Å². The van der Waals surface area contributed by atoms with Crippen molar-refractivity contribution in [1.82, 2.24) is 0 Å². The van der Waals surface area contributed by atoms with Gasteiger partial charge in [0.15, 0.2) is 0 Å². The van der Waals surface area contributed by atoms with Crippen molar-refractivity contribution in [2.24, 2.45) is 0 Å². The summed E-state index contributed by atoms with van der Waals surface area (Å²) in [6.07, 6.45) is -0.865. The number of aromatic hydroxyl groups is 1. The molecular formula is C10H12O3. The van der Waals surface area contributed by atoms with Crippen LogP contribution in [0.25, 0.3) is 0 Å². The molecule has 0 saturated carbocycles. The summed E-state index contributed by atoms with van der Waals surface area (Å²) in [5, 5.41) is 18.8. The van der Waals surface area contributed by atoms with Crippen LogP contribution in [0.1, 0.15) is 25.0 Å². The lowest BCUT2D eigenvalue weighted by molar-refractivity contribution is -0.118. The highest BCUT2D eigenvalue weighted by atomic mass is 16.3. The van der Waals surface area contributed by atoms with Gasteiger partial charge in [0.2, 0.25) is 0 Å². The molecule has 1 rings (SSSR count). The van der Waals surface area contributed by atoms with E-state index in [1.807, 2.05) is 0 Å². The molecule has 0 spiro atoms. The van der Waals surface area contributed by atoms with Crippen LogP contribution in [0.2, 0.25) is 0 Å². The van der Waals surface area contributed by atoms with Crippen LogP contribution in [0.4, 0.5) is 0 Å². The molecule has 0 aromatic heterocycles. The summed E-state index contributed by atoms with van der Waals surface area (Å²) >= 11 is 0. The number of phenolic OH excluding ortho intramolecular Hbond substituents is 1. The number of aliphatic hydroxyl groups is 1. The van der Waals surface area contributed by atoms with E-state index in [0.717, 1.165) is 0 Å². The van der Waals surface area contributed by atoms with Gasteiger partial charge in [-0.25, -0.2) is 0 Å². The summed E-state index contributed by atoms with van der Waals surface area (Å²) in [5.74, 6) is -0.0768. The van der Waals surface area contributed by atoms with Gasteiger partial charge in [0.1, 0.15) is 11.5 Å². The minimum Gasteiger partial charge on any atom is -0.508 e. The van der Waals surface area contributed by atoms with Crippen LogP contribution in [0.3, 0.4) is 0 Å². The Hall–Kier alpha value is -1.35. The van der Waals surface area contributed by atoms with Crippen LogP contribution < -0.4 is 0 Å². The van der Waals surface area contributed by atoms with E-state index in [0.29, 0.717) is 5.56 Å². The summed E-state index contributed by atoms with van der Waals surface area (Å²) in [6.45, 7) is 1.41. The maximum atomic E-state index is 10.7. The Morgan fingerprint density at radius 3 is 2.62 bits per heavy atom. The number of carbonyl (C=O) groups is 1. The number of rotatable bonds is 3. The lowest BCUT2D eigenvalue weighted by Gasteiger charge is -2.09. The summed E-state index contributed by atoms with van der Waals surface area (Å²) in [4.78, 5) is 10.7. The van der Waals surface area contributed by atoms with Gasteiger partial charge < -0.3 is 10.2 Å². The lowest BCUT2D eigenvalue weighted by atomic mass is 10.0. The van der Waals surface area contributed by atoms with E-state index in [9.17, 15) is 15.0 Å². The molecule has 0 heterocycles. The first-order valence-electron chi connectivity index (χ1n) is 4.06. The largest absolute Gasteiger partial charge is 0.508 e. The second-order valence-electron chi connectivity index (χ2n) is 2.98. The average molecular weight is 180 g/mol. The SMILES string of the molecule is CC(=O)C[C@@H](O)c1ccccc1O. The molecule has 0 unspecified atom stereocenters. The normalized spacial score (nSPS) is 12.5. The highest BCUT2D eigenvalue weighted by Gasteiger charge is 2.12. The number of para-hydroxylation sites is 1. The van der Waals surface area contributed by atoms with Gasteiger partial charge in [-0.1, -0.05) is 18.2 Å². The van der Waals surface area contributed by atoms with Gasteiger partial charge in [0, 0.05) is 12.0 Å². The molecule has 2 N–H and O–H groups in total. The van der Waals surface area contributed by atoms with Crippen molar-refractivity contribution in [3.8, 4) is 5.75 Å². The number of Topliss-reactive ketones (excluding diaryl/α,β-unsaturated/α-hetero) is 1. The molecule has 0 aliphatic heterocycles. The molecule has 0 bridgehead atoms. The van der Waals surface area contributed by atoms with Crippen molar-refractivity contribution in [1.29, 1.82) is 0 Å². The van der Waals surface area contributed by atoms with Gasteiger partial charge in [-0.15, -0.1) is 0 Å². The monoisotopic (exact) mass is 180 g/mol. The summed E-state index contributed by atoms with van der Waals surface area (Å²) < 4.78 is 0. The Morgan fingerprint density at radius 1 is 1.46 bits per heavy atom. The molecule has 1 atom stereocenters. The van der Waals surface area contributed by atoms with E-state index in [-0.39, 0.29) is 18.0 Å². The van der Waals surface area contributed by atoms with E-state index in [1.165, 1.54) is 13.0 Å². The third kappa shape index (κ3) is 2.56. The zero-order chi connectivity index (χ0) is 9.84. The number of benzene rings is 1. The molecule has 3 heteroatoms. The zero-order valence-electron chi connectivity index (χ0n) is 7.40. The zero-order valence-corrected chi connectivity index (χ0v) is 7.40. The molecule has 0 saturated heterocycles. The average Bonchev–Trinajstić information content (AvgIpc) is 2.03. The second-order valence-corrected chi connectivity index (χ2v) is 2.98. The fourth-order valence-corrected chi connectivity index (χ4v) is 1.15. The highest BCUT2D eigenvalue weighted by molar-refractivity contribution is 5.76. The molecule has 13 heavy (non-hydrogen) atoms. The Kier molecular flexibility index (Phi) is 3.03. The predicted octanol–water partition coefficient (Wildman–Crippen LogP) is 1.40. The first kappa shape index (κ1) is 9.74. The van der Waals surface area contributed by atoms with E-state index in [4.69, 9.17) is 0 Å². The smallest absolute Gasteiger partial charge is 0.132 e. The van der Waals surface area contributed by atoms with Crippen LogP contribution >= 0.6 is 0 Å². The highest BCUT2D eigenvalue weighted by Crippen LogP contribution is 2.25. The minimum atomic E-state index is -0.904. The molecule has 0 fully saturated rings. The van der Waals surface area contributed by atoms with Gasteiger partial charge in [-0.05, 0) is 13.0 Å². The summed E-state index contributed by atoms with van der Waals surface area (Å²) in [6, 6.07) is 6.46. The van der Waals surface area contributed by atoms with Crippen molar-refractivity contribution in [2.75, 3.05) is 0 Å². The second kappa shape index (κ2) is 4.05. The first-order valence-corrected chi connectivity index (χ1v) is 4.06. The molecule has 3 nitrogen and oxygen atoms in total. The van der Waals surface area contributed by atoms with Crippen LogP contribution in [-0.4, -0.2) is 16.0 Å². The van der Waals surface area contributed by atoms with Crippen molar-refractivity contribution < 1.29 is 15.0 Å². The van der Waals surface area contributed by atoms with E-state index in [1.54, 1.807) is 18.2 Å². The topological polar surface area (TPSA) is 57.5 Å². The van der Waals surface area contributed by atoms with E-state index < -0.39 is 6.10 Å². The van der Waals surface area contributed by atoms with Gasteiger partial charge in [0.05, 0.1) is 6.10 Å². The molecule has 0 aliphatic rings. The molecule has 1 aromatic carbocycles. The van der Waals surface area contributed by atoms with Crippen LogP contribution in [0.5, 0.6) is 5.75 Å². The van der Waals surface area contributed by atoms with Crippen LogP contribution in [-0.2, 0) is 4.79 Å². The predicted molar refractivity (Wildman–Crippen MR) is 48.4 cm³/mol. The lowest BCUT2D eigenvalue weighted by Crippen LogP contribution is -2.03. The standard InChI is InChI=1S/C10H12O3/c1-7(11)6-10(13)8-4-2-3-5-9(8)12/h2-5,10,12-13H,6H2,1H3/t10-/m1/s1. The van der Waals surface area contributed by atoms with Gasteiger partial charge in [-0.2, -0.15) is 0 Å². The minimum absolute atomic E-state index is 0.0243. The van der Waals surface area contributed by atoms with Crippen molar-refractivity contribution >= 4 is 5.78 Å². The number of carbonyl (C=O) groups excluding carboxylic acids is 1. The molecule has 0 aliphatic carbocycles. The molecular weight excluding hydrogens is 168 g/mol. The number of hydrogen-bond donors (Lipinski definition) is 2. The number of hydrogen-bond acceptors (Lipinski definition) is 3. The van der Waals surface area contributed by atoms with Crippen LogP contribution in [0, 0.1) is 0 Å². The molecule has 0 radical (unpaired) electrons. The van der Waals surface area contributed by atoms with Crippen molar-refractivity contribution in [3.05, 3.63) is 29.8 Å². The Morgan fingerprint density at radius 2 is 2.08 bits per heavy atom.